The van der Waals surface area contributed by atoms with Crippen molar-refractivity contribution in [1.82, 2.24) is 14.7 Å². The number of ether oxygens (including phenoxy) is 1. The molecule has 0 atom stereocenters. The minimum atomic E-state index is -3.87. The van der Waals surface area contributed by atoms with Crippen LogP contribution in [0.2, 0.25) is 0 Å². The molecule has 0 aliphatic carbocycles. The monoisotopic (exact) mass is 458 g/mol. The Hall–Kier alpha value is -3.28. The molecule has 0 fully saturated rings. The molecule has 11 heteroatoms. The van der Waals surface area contributed by atoms with Crippen molar-refractivity contribution < 1.29 is 22.4 Å². The van der Waals surface area contributed by atoms with Gasteiger partial charge in [0.1, 0.15) is 15.6 Å². The second kappa shape index (κ2) is 8.84. The lowest BCUT2D eigenvalue weighted by atomic mass is 10.2. The summed E-state index contributed by atoms with van der Waals surface area (Å²) in [6.07, 6.45) is 1.54. The van der Waals surface area contributed by atoms with Crippen LogP contribution in [-0.2, 0) is 14.8 Å². The summed E-state index contributed by atoms with van der Waals surface area (Å²) in [5.74, 6) is 0.823. The van der Waals surface area contributed by atoms with Gasteiger partial charge in [-0.05, 0) is 35.7 Å². The van der Waals surface area contributed by atoms with E-state index in [2.05, 4.69) is 24.7 Å². The second-order valence-corrected chi connectivity index (χ2v) is 8.97. The number of nitrogens with one attached hydrogen (secondary N) is 2. The van der Waals surface area contributed by atoms with E-state index in [4.69, 9.17) is 4.42 Å². The fraction of sp³-hybridized carbons (Fsp3) is 0.150. The average Bonchev–Trinajstić information content (AvgIpc) is 3.48. The Morgan fingerprint density at radius 1 is 1.13 bits per heavy atom. The van der Waals surface area contributed by atoms with Gasteiger partial charge in [0.15, 0.2) is 11.6 Å². The third-order valence-electron chi connectivity index (χ3n) is 4.34. The predicted molar refractivity (Wildman–Crippen MR) is 117 cm³/mol. The largest absolute Gasteiger partial charge is 0.465 e. The quantitative estimate of drug-likeness (QED) is 0.305. The number of hydrogen-bond donors (Lipinski definition) is 2. The highest BCUT2D eigenvalue weighted by Gasteiger charge is 2.24. The molecule has 0 spiro atoms. The molecular formula is C20H18N4O5S2. The Balaban J connectivity index is 1.49. The highest BCUT2D eigenvalue weighted by Crippen LogP contribution is 2.25. The second-order valence-electron chi connectivity index (χ2n) is 6.32. The van der Waals surface area contributed by atoms with Gasteiger partial charge in [0.2, 0.25) is 10.0 Å². The van der Waals surface area contributed by atoms with Crippen LogP contribution in [0.1, 0.15) is 9.67 Å². The van der Waals surface area contributed by atoms with Gasteiger partial charge >= 0.3 is 5.97 Å². The SMILES string of the molecule is COC(=O)c1sccc1S(=O)(=O)NCCNc1nc(-c2ccco2)nc2ccccc12. The Kier molecular flexibility index (Phi) is 5.98. The lowest BCUT2D eigenvalue weighted by Gasteiger charge is -2.11. The molecule has 9 nitrogen and oxygen atoms in total. The first-order valence-electron chi connectivity index (χ1n) is 9.19. The number of methoxy groups -OCH3 is 1. The summed E-state index contributed by atoms with van der Waals surface area (Å²) in [6.45, 7) is 0.336. The molecule has 0 bridgehead atoms. The van der Waals surface area contributed by atoms with Crippen molar-refractivity contribution in [3.05, 3.63) is 59.0 Å². The van der Waals surface area contributed by atoms with E-state index < -0.39 is 16.0 Å². The third kappa shape index (κ3) is 4.43. The smallest absolute Gasteiger partial charge is 0.349 e. The zero-order valence-corrected chi connectivity index (χ0v) is 18.0. The third-order valence-corrected chi connectivity index (χ3v) is 6.87. The predicted octanol–water partition coefficient (Wildman–Crippen LogP) is 3.13. The Labute approximate surface area is 182 Å². The normalized spacial score (nSPS) is 11.5. The van der Waals surface area contributed by atoms with Gasteiger partial charge in [0.05, 0.1) is 18.9 Å². The number of thiophene rings is 1. The number of para-hydroxylation sites is 1. The van der Waals surface area contributed by atoms with Crippen LogP contribution in [0.5, 0.6) is 0 Å². The number of sulfonamides is 1. The van der Waals surface area contributed by atoms with Gasteiger partial charge in [-0.3, -0.25) is 0 Å². The maximum absolute atomic E-state index is 12.6. The van der Waals surface area contributed by atoms with Gasteiger partial charge in [-0.1, -0.05) is 12.1 Å². The summed E-state index contributed by atoms with van der Waals surface area (Å²) >= 11 is 1.01. The zero-order valence-electron chi connectivity index (χ0n) is 16.4. The van der Waals surface area contributed by atoms with E-state index in [1.54, 1.807) is 18.4 Å². The molecule has 3 heterocycles. The molecule has 1 aromatic carbocycles. The zero-order chi connectivity index (χ0) is 21.8. The molecule has 4 rings (SSSR count). The summed E-state index contributed by atoms with van der Waals surface area (Å²) in [5, 5.41) is 5.48. The topological polar surface area (TPSA) is 123 Å². The average molecular weight is 459 g/mol. The molecule has 3 aromatic heterocycles. The van der Waals surface area contributed by atoms with Crippen LogP contribution in [0.3, 0.4) is 0 Å². The molecule has 0 amide bonds. The first-order valence-corrected chi connectivity index (χ1v) is 11.6. The van der Waals surface area contributed by atoms with Crippen LogP contribution < -0.4 is 10.0 Å². The minimum absolute atomic E-state index is 0.0350. The van der Waals surface area contributed by atoms with Crippen molar-refractivity contribution in [2.75, 3.05) is 25.5 Å². The molecule has 0 aliphatic rings. The molecular weight excluding hydrogens is 440 g/mol. The number of anilines is 1. The van der Waals surface area contributed by atoms with Crippen LogP contribution in [0.15, 0.2) is 63.4 Å². The lowest BCUT2D eigenvalue weighted by Crippen LogP contribution is -2.29. The van der Waals surface area contributed by atoms with Crippen molar-refractivity contribution in [3.63, 3.8) is 0 Å². The molecule has 0 aliphatic heterocycles. The van der Waals surface area contributed by atoms with E-state index in [0.29, 0.717) is 17.4 Å². The van der Waals surface area contributed by atoms with E-state index in [1.165, 1.54) is 18.6 Å². The first kappa shape index (κ1) is 21.0. The van der Waals surface area contributed by atoms with E-state index >= 15 is 0 Å². The minimum Gasteiger partial charge on any atom is -0.465 e. The summed E-state index contributed by atoms with van der Waals surface area (Å²) in [5.41, 5.74) is 0.730. The number of carbonyl (C=O) groups excluding carboxylic acids is 1. The standard InChI is InChI=1S/C20H18N4O5S2/c1-28-20(25)17-16(8-12-30-17)31(26,27)22-10-9-21-18-13-5-2-3-6-14(13)23-19(24-18)15-7-4-11-29-15/h2-8,11-12,22H,9-10H2,1H3,(H,21,23,24). The summed E-state index contributed by atoms with van der Waals surface area (Å²) in [7, 11) is -2.66. The van der Waals surface area contributed by atoms with Gasteiger partial charge < -0.3 is 14.5 Å². The molecule has 31 heavy (non-hydrogen) atoms. The molecule has 160 valence electrons. The number of furan rings is 1. The van der Waals surface area contributed by atoms with Gasteiger partial charge in [-0.25, -0.2) is 27.9 Å². The first-order chi connectivity index (χ1) is 15.0. The van der Waals surface area contributed by atoms with Crippen LogP contribution in [0, 0.1) is 0 Å². The van der Waals surface area contributed by atoms with E-state index in [9.17, 15) is 13.2 Å². The summed E-state index contributed by atoms with van der Waals surface area (Å²) in [4.78, 5) is 20.7. The molecule has 0 unspecified atom stereocenters. The summed E-state index contributed by atoms with van der Waals surface area (Å²) in [6, 6.07) is 12.4. The van der Waals surface area contributed by atoms with Gasteiger partial charge in [-0.2, -0.15) is 0 Å². The Morgan fingerprint density at radius 2 is 1.97 bits per heavy atom. The van der Waals surface area contributed by atoms with Crippen molar-refractivity contribution in [1.29, 1.82) is 0 Å². The van der Waals surface area contributed by atoms with E-state index in [0.717, 1.165) is 22.2 Å². The van der Waals surface area contributed by atoms with Crippen molar-refractivity contribution in [3.8, 4) is 11.6 Å². The Morgan fingerprint density at radius 3 is 2.74 bits per heavy atom. The maximum atomic E-state index is 12.6. The molecule has 0 saturated carbocycles. The fourth-order valence-electron chi connectivity index (χ4n) is 2.92. The number of hydrogen-bond acceptors (Lipinski definition) is 9. The van der Waals surface area contributed by atoms with Crippen LogP contribution in [-0.4, -0.2) is 44.6 Å². The molecule has 4 aromatic rings. The lowest BCUT2D eigenvalue weighted by molar-refractivity contribution is 0.0602. The highest BCUT2D eigenvalue weighted by molar-refractivity contribution is 7.89. The van der Waals surface area contributed by atoms with Crippen molar-refractivity contribution in [2.24, 2.45) is 0 Å². The number of esters is 1. The van der Waals surface area contributed by atoms with Gasteiger partial charge in [0.25, 0.3) is 0 Å². The molecule has 0 radical (unpaired) electrons. The van der Waals surface area contributed by atoms with Crippen LogP contribution >= 0.6 is 11.3 Å². The number of fused-ring (bicyclic) bond motifs is 1. The van der Waals surface area contributed by atoms with Crippen molar-refractivity contribution in [2.45, 2.75) is 4.90 Å². The Bertz CT molecular complexity index is 1320. The number of carbonyl (C=O) groups is 1. The fourth-order valence-corrected chi connectivity index (χ4v) is 5.29. The van der Waals surface area contributed by atoms with Crippen LogP contribution in [0.25, 0.3) is 22.5 Å². The molecule has 0 saturated heterocycles. The number of rotatable bonds is 8. The highest BCUT2D eigenvalue weighted by atomic mass is 32.2. The number of nitrogens with zero attached hydrogens (tertiary/aromatic N) is 2. The maximum Gasteiger partial charge on any atom is 0.349 e. The van der Waals surface area contributed by atoms with E-state index in [-0.39, 0.29) is 22.9 Å². The van der Waals surface area contributed by atoms with Gasteiger partial charge in [0, 0.05) is 18.5 Å². The van der Waals surface area contributed by atoms with Crippen LogP contribution in [0.4, 0.5) is 5.82 Å². The summed E-state index contributed by atoms with van der Waals surface area (Å²) < 4.78 is 37.7. The van der Waals surface area contributed by atoms with Crippen molar-refractivity contribution >= 4 is 44.1 Å². The number of aromatic nitrogens is 2. The number of benzene rings is 1. The van der Waals surface area contributed by atoms with E-state index in [1.807, 2.05) is 24.3 Å². The van der Waals surface area contributed by atoms with Gasteiger partial charge in [-0.15, -0.1) is 11.3 Å². The molecule has 2 N–H and O–H groups in total.